The van der Waals surface area contributed by atoms with Crippen molar-refractivity contribution < 1.29 is 26.1 Å². The maximum atomic E-state index is 12.0. The Balaban J connectivity index is 0.000000197. The Labute approximate surface area is 221 Å². The second kappa shape index (κ2) is 10.6. The highest BCUT2D eigenvalue weighted by molar-refractivity contribution is 7.85. The van der Waals surface area contributed by atoms with Crippen molar-refractivity contribution in [2.75, 3.05) is 0 Å². The molecule has 0 spiro atoms. The Hall–Kier alpha value is -3.30. The molecular formula is C27H18Cl2F3NO3S. The van der Waals surface area contributed by atoms with E-state index in [1.54, 1.807) is 0 Å². The first-order valence-corrected chi connectivity index (χ1v) is 12.9. The number of halogens is 5. The van der Waals surface area contributed by atoms with E-state index >= 15 is 0 Å². The Bertz CT molecular complexity index is 1630. The molecule has 4 nitrogen and oxygen atoms in total. The van der Waals surface area contributed by atoms with Gasteiger partial charge >= 0.3 is 6.18 Å². The van der Waals surface area contributed by atoms with Crippen molar-refractivity contribution in [1.29, 1.82) is 0 Å². The van der Waals surface area contributed by atoms with Gasteiger partial charge in [-0.3, -0.25) is 4.55 Å². The monoisotopic (exact) mass is 563 g/mol. The van der Waals surface area contributed by atoms with Crippen LogP contribution in [-0.2, 0) is 16.3 Å². The number of H-pyrrole nitrogens is 1. The van der Waals surface area contributed by atoms with Crippen LogP contribution >= 0.6 is 23.2 Å². The largest absolute Gasteiger partial charge is 0.416 e. The van der Waals surface area contributed by atoms with Gasteiger partial charge < -0.3 is 4.98 Å². The molecule has 0 aliphatic rings. The normalized spacial score (nSPS) is 11.7. The van der Waals surface area contributed by atoms with Crippen molar-refractivity contribution in [3.05, 3.63) is 113 Å². The zero-order chi connectivity index (χ0) is 26.8. The van der Waals surface area contributed by atoms with Gasteiger partial charge in [0.2, 0.25) is 0 Å². The summed E-state index contributed by atoms with van der Waals surface area (Å²) in [7, 11) is -4.43. The fourth-order valence-corrected chi connectivity index (χ4v) is 4.44. The molecule has 37 heavy (non-hydrogen) atoms. The van der Waals surface area contributed by atoms with Crippen LogP contribution in [0.25, 0.3) is 33.3 Å². The molecule has 190 valence electrons. The van der Waals surface area contributed by atoms with Crippen LogP contribution in [0.3, 0.4) is 0 Å². The van der Waals surface area contributed by atoms with Gasteiger partial charge in [0.1, 0.15) is 0 Å². The zero-order valence-electron chi connectivity index (χ0n) is 18.8. The summed E-state index contributed by atoms with van der Waals surface area (Å²) in [5.41, 5.74) is 4.66. The van der Waals surface area contributed by atoms with E-state index in [1.165, 1.54) is 10.9 Å². The lowest BCUT2D eigenvalue weighted by atomic mass is 9.98. The minimum atomic E-state index is -4.52. The van der Waals surface area contributed by atoms with E-state index < -0.39 is 26.8 Å². The standard InChI is InChI=1S/C20H13Cl2N.C7H5F3O3S/c21-15-9-5-13(6-10-15)19-17-3-1-2-4-18(17)23-20(19)14-7-11-16(22)12-8-14;8-7(9,10)5-1-3-6(4-2-5)14(11,12)13/h1-12,23H;1-4H,(H,11,12,13). The first kappa shape index (κ1) is 26.8. The highest BCUT2D eigenvalue weighted by Crippen LogP contribution is 2.38. The Morgan fingerprint density at radius 1 is 0.703 bits per heavy atom. The summed E-state index contributed by atoms with van der Waals surface area (Å²) < 4.78 is 65.4. The van der Waals surface area contributed by atoms with Crippen LogP contribution in [0.1, 0.15) is 5.56 Å². The second-order valence-electron chi connectivity index (χ2n) is 7.93. The van der Waals surface area contributed by atoms with E-state index in [0.717, 1.165) is 32.4 Å². The highest BCUT2D eigenvalue weighted by atomic mass is 35.5. The van der Waals surface area contributed by atoms with Gasteiger partial charge in [0.25, 0.3) is 10.1 Å². The van der Waals surface area contributed by atoms with Gasteiger partial charge in [-0.15, -0.1) is 0 Å². The van der Waals surface area contributed by atoms with E-state index in [0.29, 0.717) is 24.3 Å². The van der Waals surface area contributed by atoms with E-state index in [4.69, 9.17) is 27.8 Å². The molecule has 0 radical (unpaired) electrons. The molecule has 5 aromatic rings. The van der Waals surface area contributed by atoms with Gasteiger partial charge in [-0.1, -0.05) is 65.7 Å². The number of benzene rings is 4. The summed E-state index contributed by atoms with van der Waals surface area (Å²) >= 11 is 12.1. The fraction of sp³-hybridized carbons (Fsp3) is 0.0370. The fourth-order valence-electron chi connectivity index (χ4n) is 3.71. The number of aromatic nitrogens is 1. The third-order valence-corrected chi connectivity index (χ3v) is 6.82. The summed E-state index contributed by atoms with van der Waals surface area (Å²) in [6.45, 7) is 0. The number of hydrogen-bond donors (Lipinski definition) is 2. The van der Waals surface area contributed by atoms with Crippen LogP contribution in [0.2, 0.25) is 10.0 Å². The molecule has 10 heteroatoms. The third kappa shape index (κ3) is 6.34. The van der Waals surface area contributed by atoms with Crippen molar-refractivity contribution in [2.45, 2.75) is 11.1 Å². The van der Waals surface area contributed by atoms with Crippen LogP contribution in [0.5, 0.6) is 0 Å². The Morgan fingerprint density at radius 3 is 1.73 bits per heavy atom. The van der Waals surface area contributed by atoms with Crippen molar-refractivity contribution in [3.63, 3.8) is 0 Å². The Morgan fingerprint density at radius 2 is 1.22 bits per heavy atom. The van der Waals surface area contributed by atoms with Gasteiger partial charge in [-0.2, -0.15) is 21.6 Å². The summed E-state index contributed by atoms with van der Waals surface area (Å²) in [5, 5.41) is 2.67. The van der Waals surface area contributed by atoms with Crippen molar-refractivity contribution in [1.82, 2.24) is 4.98 Å². The molecule has 0 saturated carbocycles. The van der Waals surface area contributed by atoms with E-state index in [9.17, 15) is 21.6 Å². The number of aromatic amines is 1. The molecule has 0 aliphatic heterocycles. The summed E-state index contributed by atoms with van der Waals surface area (Å²) in [4.78, 5) is 2.97. The van der Waals surface area contributed by atoms with E-state index in [2.05, 4.69) is 35.3 Å². The van der Waals surface area contributed by atoms with Crippen LogP contribution < -0.4 is 0 Å². The first-order chi connectivity index (χ1) is 17.4. The molecule has 1 heterocycles. The number of para-hydroxylation sites is 1. The molecule has 0 unspecified atom stereocenters. The third-order valence-electron chi connectivity index (χ3n) is 5.45. The molecule has 0 aliphatic carbocycles. The molecule has 0 fully saturated rings. The average molecular weight is 564 g/mol. The van der Waals surface area contributed by atoms with Gasteiger partial charge in [0.15, 0.2) is 0 Å². The molecule has 1 aromatic heterocycles. The molecule has 0 saturated heterocycles. The van der Waals surface area contributed by atoms with E-state index in [-0.39, 0.29) is 0 Å². The summed E-state index contributed by atoms with van der Waals surface area (Å²) in [6.07, 6.45) is -4.52. The van der Waals surface area contributed by atoms with Crippen molar-refractivity contribution in [2.24, 2.45) is 0 Å². The van der Waals surface area contributed by atoms with Gasteiger partial charge in [0, 0.05) is 26.5 Å². The molecule has 4 aromatic carbocycles. The zero-order valence-corrected chi connectivity index (χ0v) is 21.1. The van der Waals surface area contributed by atoms with Gasteiger partial charge in [-0.25, -0.2) is 0 Å². The predicted octanol–water partition coefficient (Wildman–Crippen LogP) is 8.76. The highest BCUT2D eigenvalue weighted by Gasteiger charge is 2.30. The van der Waals surface area contributed by atoms with Crippen LogP contribution in [0.4, 0.5) is 13.2 Å². The van der Waals surface area contributed by atoms with E-state index in [1.807, 2.05) is 42.5 Å². The maximum Gasteiger partial charge on any atom is 0.416 e. The minimum Gasteiger partial charge on any atom is -0.354 e. The molecular weight excluding hydrogens is 546 g/mol. The van der Waals surface area contributed by atoms with Crippen molar-refractivity contribution in [3.8, 4) is 22.4 Å². The lowest BCUT2D eigenvalue weighted by Gasteiger charge is -2.06. The minimum absolute atomic E-state index is 0.564. The predicted molar refractivity (Wildman–Crippen MR) is 140 cm³/mol. The average Bonchev–Trinajstić information content (AvgIpc) is 3.24. The number of hydrogen-bond acceptors (Lipinski definition) is 2. The molecule has 0 bridgehead atoms. The second-order valence-corrected chi connectivity index (χ2v) is 10.2. The smallest absolute Gasteiger partial charge is 0.354 e. The first-order valence-electron chi connectivity index (χ1n) is 10.7. The molecule has 0 amide bonds. The summed E-state index contributed by atoms with van der Waals surface area (Å²) in [6, 6.07) is 26.7. The topological polar surface area (TPSA) is 70.2 Å². The molecule has 5 rings (SSSR count). The number of fused-ring (bicyclic) bond motifs is 1. The van der Waals surface area contributed by atoms with Crippen molar-refractivity contribution >= 4 is 44.2 Å². The SMILES string of the molecule is Clc1ccc(-c2[nH]c3ccccc3c2-c2ccc(Cl)cc2)cc1.O=S(=O)(O)c1ccc(C(F)(F)F)cc1. The lowest BCUT2D eigenvalue weighted by molar-refractivity contribution is -0.137. The van der Waals surface area contributed by atoms with Gasteiger partial charge in [0.05, 0.1) is 16.2 Å². The quantitative estimate of drug-likeness (QED) is 0.215. The van der Waals surface area contributed by atoms with Crippen LogP contribution in [-0.4, -0.2) is 18.0 Å². The number of rotatable bonds is 3. The number of nitrogens with one attached hydrogen (secondary N) is 1. The maximum absolute atomic E-state index is 12.0. The van der Waals surface area contributed by atoms with Gasteiger partial charge in [-0.05, 0) is 65.7 Å². The van der Waals surface area contributed by atoms with Crippen LogP contribution in [0, 0.1) is 0 Å². The molecule has 2 N–H and O–H groups in total. The lowest BCUT2D eigenvalue weighted by Crippen LogP contribution is -2.05. The van der Waals surface area contributed by atoms with Crippen LogP contribution in [0.15, 0.2) is 102 Å². The molecule has 0 atom stereocenters. The summed E-state index contributed by atoms with van der Waals surface area (Å²) in [5.74, 6) is 0. The Kier molecular flexibility index (Phi) is 7.66. The number of alkyl halides is 3.